The minimum absolute atomic E-state index is 0.0816. The molecule has 4 nitrogen and oxygen atoms in total. The Morgan fingerprint density at radius 1 is 1.27 bits per heavy atom. The van der Waals surface area contributed by atoms with Gasteiger partial charge < -0.3 is 10.2 Å². The minimum Gasteiger partial charge on any atom is -0.369 e. The molecule has 2 aromatic carbocycles. The third-order valence-corrected chi connectivity index (χ3v) is 7.19. The maximum Gasteiger partial charge on any atom is 0.264 e. The van der Waals surface area contributed by atoms with Crippen LogP contribution in [-0.4, -0.2) is 23.7 Å². The van der Waals surface area contributed by atoms with Crippen LogP contribution < -0.4 is 10.2 Å². The van der Waals surface area contributed by atoms with Crippen LogP contribution in [0.3, 0.4) is 0 Å². The van der Waals surface area contributed by atoms with E-state index in [2.05, 4.69) is 49.1 Å². The zero-order chi connectivity index (χ0) is 21.6. The van der Waals surface area contributed by atoms with Crippen LogP contribution in [0.4, 0.5) is 11.4 Å². The van der Waals surface area contributed by atoms with Gasteiger partial charge in [0.05, 0.1) is 10.6 Å². The van der Waals surface area contributed by atoms with E-state index >= 15 is 0 Å². The number of amides is 1. The number of halogens is 1. The van der Waals surface area contributed by atoms with Crippen molar-refractivity contribution in [2.24, 2.45) is 4.99 Å². The molecule has 0 aromatic heterocycles. The summed E-state index contributed by atoms with van der Waals surface area (Å²) in [6.07, 6.45) is 2.93. The van der Waals surface area contributed by atoms with Crippen LogP contribution in [0.2, 0.25) is 5.02 Å². The van der Waals surface area contributed by atoms with Gasteiger partial charge in [0.2, 0.25) is 0 Å². The molecule has 0 radical (unpaired) electrons. The second-order valence-corrected chi connectivity index (χ2v) is 10.2. The molecule has 1 N–H and O–H groups in total. The Kier molecular flexibility index (Phi) is 5.45. The number of amidine groups is 1. The number of rotatable bonds is 2. The van der Waals surface area contributed by atoms with Gasteiger partial charge in [-0.05, 0) is 86.3 Å². The molecule has 6 heteroatoms. The van der Waals surface area contributed by atoms with Crippen molar-refractivity contribution < 1.29 is 4.79 Å². The highest BCUT2D eigenvalue weighted by Crippen LogP contribution is 2.45. The summed E-state index contributed by atoms with van der Waals surface area (Å²) in [5, 5.41) is 4.08. The average Bonchev–Trinajstić information content (AvgIpc) is 3.01. The number of anilines is 1. The van der Waals surface area contributed by atoms with Crippen molar-refractivity contribution >= 4 is 51.9 Å². The number of aliphatic imine (C=N–C) groups is 1. The summed E-state index contributed by atoms with van der Waals surface area (Å²) in [4.78, 5) is 19.9. The predicted octanol–water partition coefficient (Wildman–Crippen LogP) is 6.26. The SMILES string of the molecule is Cc1ccc(N=C2NC(=O)/C(=C\c3cc4c(cc3Cl)N(C)C(C)(C)CC4C)S2)cc1. The lowest BCUT2D eigenvalue weighted by Crippen LogP contribution is -2.45. The number of thioether (sulfide) groups is 1. The number of aryl methyl sites for hydroxylation is 1. The number of carbonyl (C=O) groups excluding carboxylic acids is 1. The first-order valence-corrected chi connectivity index (χ1v) is 11.3. The zero-order valence-electron chi connectivity index (χ0n) is 17.9. The lowest BCUT2D eigenvalue weighted by molar-refractivity contribution is -0.115. The Morgan fingerprint density at radius 3 is 2.67 bits per heavy atom. The van der Waals surface area contributed by atoms with E-state index in [1.54, 1.807) is 0 Å². The Bertz CT molecular complexity index is 1070. The molecule has 2 aliphatic rings. The summed E-state index contributed by atoms with van der Waals surface area (Å²) in [7, 11) is 2.12. The van der Waals surface area contributed by atoms with Gasteiger partial charge in [0, 0.05) is 23.3 Å². The minimum atomic E-state index is -0.147. The van der Waals surface area contributed by atoms with E-state index in [-0.39, 0.29) is 11.4 Å². The summed E-state index contributed by atoms with van der Waals surface area (Å²) in [5.74, 6) is 0.273. The van der Waals surface area contributed by atoms with Gasteiger partial charge in [-0.1, -0.05) is 36.2 Å². The maximum atomic E-state index is 12.5. The number of nitrogens with zero attached hydrogens (tertiary/aromatic N) is 2. The van der Waals surface area contributed by atoms with Gasteiger partial charge in [0.25, 0.3) is 5.91 Å². The summed E-state index contributed by atoms with van der Waals surface area (Å²) in [6.45, 7) is 8.79. The van der Waals surface area contributed by atoms with E-state index in [9.17, 15) is 4.79 Å². The van der Waals surface area contributed by atoms with Crippen molar-refractivity contribution in [1.29, 1.82) is 0 Å². The summed E-state index contributed by atoms with van der Waals surface area (Å²) in [6, 6.07) is 12.0. The van der Waals surface area contributed by atoms with Gasteiger partial charge in [-0.25, -0.2) is 4.99 Å². The van der Waals surface area contributed by atoms with Crippen molar-refractivity contribution in [3.63, 3.8) is 0 Å². The Balaban J connectivity index is 1.64. The standard InChI is InChI=1S/C24H26ClN3OS/c1-14-6-8-17(9-7-14)26-23-27-22(29)21(30-23)11-16-10-18-15(2)13-24(3,4)28(5)20(18)12-19(16)25/h6-12,15H,13H2,1-5H3,(H,26,27,29)/b21-11+. The molecule has 1 saturated heterocycles. The van der Waals surface area contributed by atoms with E-state index < -0.39 is 0 Å². The van der Waals surface area contributed by atoms with E-state index in [0.717, 1.165) is 23.4 Å². The predicted molar refractivity (Wildman–Crippen MR) is 129 cm³/mol. The molecule has 0 saturated carbocycles. The number of benzene rings is 2. The van der Waals surface area contributed by atoms with Crippen LogP contribution in [0, 0.1) is 6.92 Å². The highest BCUT2D eigenvalue weighted by molar-refractivity contribution is 8.18. The number of nitrogens with one attached hydrogen (secondary N) is 1. The Morgan fingerprint density at radius 2 is 1.97 bits per heavy atom. The molecule has 0 bridgehead atoms. The zero-order valence-corrected chi connectivity index (χ0v) is 19.5. The topological polar surface area (TPSA) is 44.7 Å². The highest BCUT2D eigenvalue weighted by Gasteiger charge is 2.34. The molecule has 2 aliphatic heterocycles. The number of fused-ring (bicyclic) bond motifs is 1. The Hall–Kier alpha value is -2.24. The van der Waals surface area contributed by atoms with Crippen molar-refractivity contribution in [1.82, 2.24) is 5.32 Å². The second kappa shape index (κ2) is 7.78. The molecule has 1 fully saturated rings. The highest BCUT2D eigenvalue weighted by atomic mass is 35.5. The second-order valence-electron chi connectivity index (χ2n) is 8.73. The average molecular weight is 440 g/mol. The van der Waals surface area contributed by atoms with Crippen molar-refractivity contribution in [3.8, 4) is 0 Å². The molecule has 1 atom stereocenters. The molecule has 1 amide bonds. The first-order chi connectivity index (χ1) is 14.1. The van der Waals surface area contributed by atoms with Gasteiger partial charge in [0.15, 0.2) is 5.17 Å². The fourth-order valence-corrected chi connectivity index (χ4v) is 5.12. The number of hydrogen-bond donors (Lipinski definition) is 1. The molecular formula is C24H26ClN3OS. The van der Waals surface area contributed by atoms with Gasteiger partial charge in [-0.2, -0.15) is 0 Å². The fourth-order valence-electron chi connectivity index (χ4n) is 4.07. The molecule has 156 valence electrons. The van der Waals surface area contributed by atoms with Crippen molar-refractivity contribution in [3.05, 3.63) is 63.0 Å². The molecule has 30 heavy (non-hydrogen) atoms. The molecule has 2 heterocycles. The van der Waals surface area contributed by atoms with E-state index in [1.165, 1.54) is 22.9 Å². The van der Waals surface area contributed by atoms with Crippen molar-refractivity contribution in [2.45, 2.75) is 45.6 Å². The smallest absolute Gasteiger partial charge is 0.264 e. The normalized spacial score (nSPS) is 23.1. The van der Waals surface area contributed by atoms with E-state index in [4.69, 9.17) is 11.6 Å². The largest absolute Gasteiger partial charge is 0.369 e. The molecule has 2 aromatic rings. The molecular weight excluding hydrogens is 414 g/mol. The van der Waals surface area contributed by atoms with Crippen molar-refractivity contribution in [2.75, 3.05) is 11.9 Å². The first kappa shape index (κ1) is 21.0. The summed E-state index contributed by atoms with van der Waals surface area (Å²) >= 11 is 7.97. The number of carbonyl (C=O) groups is 1. The lowest BCUT2D eigenvalue weighted by Gasteiger charge is -2.45. The monoisotopic (exact) mass is 439 g/mol. The third kappa shape index (κ3) is 4.01. The van der Waals surface area contributed by atoms with Gasteiger partial charge in [-0.3, -0.25) is 4.79 Å². The third-order valence-electron chi connectivity index (χ3n) is 5.95. The van der Waals surface area contributed by atoms with Crippen LogP contribution in [-0.2, 0) is 4.79 Å². The fraction of sp³-hybridized carbons (Fsp3) is 0.333. The lowest BCUT2D eigenvalue weighted by atomic mass is 9.80. The quantitative estimate of drug-likeness (QED) is 0.561. The van der Waals surface area contributed by atoms with Gasteiger partial charge >= 0.3 is 0 Å². The molecule has 0 aliphatic carbocycles. The maximum absolute atomic E-state index is 12.5. The first-order valence-electron chi connectivity index (χ1n) is 10.1. The number of hydrogen-bond acceptors (Lipinski definition) is 4. The molecule has 1 unspecified atom stereocenters. The van der Waals surface area contributed by atoms with Crippen LogP contribution in [0.25, 0.3) is 6.08 Å². The van der Waals surface area contributed by atoms with Gasteiger partial charge in [-0.15, -0.1) is 0 Å². The Labute approximate surface area is 187 Å². The molecule has 0 spiro atoms. The van der Waals surface area contributed by atoms with Gasteiger partial charge in [0.1, 0.15) is 0 Å². The van der Waals surface area contributed by atoms with Crippen LogP contribution >= 0.6 is 23.4 Å². The summed E-state index contributed by atoms with van der Waals surface area (Å²) in [5.41, 5.74) is 5.37. The summed E-state index contributed by atoms with van der Waals surface area (Å²) < 4.78 is 0. The van der Waals surface area contributed by atoms with Crippen LogP contribution in [0.5, 0.6) is 0 Å². The van der Waals surface area contributed by atoms with E-state index in [1.807, 2.05) is 43.3 Å². The van der Waals surface area contributed by atoms with Crippen LogP contribution in [0.1, 0.15) is 49.8 Å². The van der Waals surface area contributed by atoms with E-state index in [0.29, 0.717) is 21.0 Å². The van der Waals surface area contributed by atoms with Crippen LogP contribution in [0.15, 0.2) is 46.3 Å². The molecule has 4 rings (SSSR count).